The first-order valence-electron chi connectivity index (χ1n) is 8.89. The van der Waals surface area contributed by atoms with E-state index in [1.807, 2.05) is 18.2 Å². The normalized spacial score (nSPS) is 13.3. The molecule has 1 aliphatic heterocycles. The van der Waals surface area contributed by atoms with Gasteiger partial charge in [-0.2, -0.15) is 0 Å². The standard InChI is InChI=1S/C20H22N2O6S/c1-21-29(24,25)18-12-14(6-8-16(18)26-2)7-9-19(23)22-13-15-4-3-5-17-20(15)28-11-10-27-17/h3-9,12,21H,10-11,13H2,1-2H3,(H,22,23)/b9-7+. The van der Waals surface area contributed by atoms with Gasteiger partial charge in [0.2, 0.25) is 15.9 Å². The van der Waals surface area contributed by atoms with Gasteiger partial charge in [0.25, 0.3) is 0 Å². The molecule has 2 N–H and O–H groups in total. The van der Waals surface area contributed by atoms with Crippen LogP contribution in [0.25, 0.3) is 6.08 Å². The molecule has 29 heavy (non-hydrogen) atoms. The van der Waals surface area contributed by atoms with E-state index in [9.17, 15) is 13.2 Å². The van der Waals surface area contributed by atoms with Crippen molar-refractivity contribution in [1.29, 1.82) is 0 Å². The fourth-order valence-electron chi connectivity index (χ4n) is 2.80. The highest BCUT2D eigenvalue weighted by Crippen LogP contribution is 2.33. The molecule has 0 atom stereocenters. The number of carbonyl (C=O) groups excluding carboxylic acids is 1. The van der Waals surface area contributed by atoms with Gasteiger partial charge in [-0.1, -0.05) is 18.2 Å². The van der Waals surface area contributed by atoms with Gasteiger partial charge in [0.05, 0.1) is 7.11 Å². The highest BCUT2D eigenvalue weighted by molar-refractivity contribution is 7.89. The predicted octanol–water partition coefficient (Wildman–Crippen LogP) is 1.70. The van der Waals surface area contributed by atoms with Gasteiger partial charge in [0.15, 0.2) is 11.5 Å². The van der Waals surface area contributed by atoms with E-state index in [1.165, 1.54) is 38.4 Å². The molecule has 0 radical (unpaired) electrons. The van der Waals surface area contributed by atoms with E-state index >= 15 is 0 Å². The average molecular weight is 418 g/mol. The van der Waals surface area contributed by atoms with Gasteiger partial charge < -0.3 is 19.5 Å². The first-order valence-corrected chi connectivity index (χ1v) is 10.4. The van der Waals surface area contributed by atoms with Crippen LogP contribution in [-0.2, 0) is 21.4 Å². The summed E-state index contributed by atoms with van der Waals surface area (Å²) < 4.78 is 42.8. The summed E-state index contributed by atoms with van der Waals surface area (Å²) in [5.74, 6) is 1.19. The van der Waals surface area contributed by atoms with Gasteiger partial charge in [-0.3, -0.25) is 4.79 Å². The molecule has 0 saturated heterocycles. The zero-order valence-electron chi connectivity index (χ0n) is 16.1. The average Bonchev–Trinajstić information content (AvgIpc) is 2.76. The Balaban J connectivity index is 1.69. The van der Waals surface area contributed by atoms with E-state index in [0.29, 0.717) is 30.3 Å². The van der Waals surface area contributed by atoms with E-state index in [2.05, 4.69) is 10.0 Å². The second-order valence-corrected chi connectivity index (χ2v) is 7.97. The van der Waals surface area contributed by atoms with Crippen molar-refractivity contribution >= 4 is 22.0 Å². The number of hydrogen-bond acceptors (Lipinski definition) is 6. The van der Waals surface area contributed by atoms with Gasteiger partial charge in [0.1, 0.15) is 23.9 Å². The number of ether oxygens (including phenoxy) is 3. The number of rotatable bonds is 7. The Morgan fingerprint density at radius 1 is 1.21 bits per heavy atom. The fraction of sp³-hybridized carbons (Fsp3) is 0.250. The minimum Gasteiger partial charge on any atom is -0.495 e. The van der Waals surface area contributed by atoms with Gasteiger partial charge in [-0.25, -0.2) is 13.1 Å². The lowest BCUT2D eigenvalue weighted by Gasteiger charge is -2.20. The molecule has 0 saturated carbocycles. The van der Waals surface area contributed by atoms with Gasteiger partial charge in [0, 0.05) is 18.2 Å². The molecule has 2 aromatic rings. The monoisotopic (exact) mass is 418 g/mol. The number of hydrogen-bond donors (Lipinski definition) is 2. The molecule has 1 aliphatic rings. The summed E-state index contributed by atoms with van der Waals surface area (Å²) in [7, 11) is -0.978. The molecule has 3 rings (SSSR count). The zero-order valence-corrected chi connectivity index (χ0v) is 16.9. The number of benzene rings is 2. The lowest BCUT2D eigenvalue weighted by atomic mass is 10.1. The third-order valence-electron chi connectivity index (χ3n) is 4.27. The van der Waals surface area contributed by atoms with Crippen LogP contribution in [0.15, 0.2) is 47.4 Å². The first kappa shape index (κ1) is 20.7. The molecule has 0 aromatic heterocycles. The molecule has 8 nitrogen and oxygen atoms in total. The Hall–Kier alpha value is -3.04. The van der Waals surface area contributed by atoms with Crippen molar-refractivity contribution in [3.63, 3.8) is 0 Å². The Kier molecular flexibility index (Phi) is 6.40. The Bertz CT molecular complexity index is 1030. The van der Waals surface area contributed by atoms with E-state index < -0.39 is 10.0 Å². The molecule has 0 fully saturated rings. The molecular formula is C20H22N2O6S. The summed E-state index contributed by atoms with van der Waals surface area (Å²) in [4.78, 5) is 12.2. The van der Waals surface area contributed by atoms with Crippen LogP contribution in [0.2, 0.25) is 0 Å². The maximum absolute atomic E-state index is 12.2. The minimum atomic E-state index is -3.69. The zero-order chi connectivity index (χ0) is 20.9. The molecule has 0 bridgehead atoms. The molecule has 9 heteroatoms. The highest BCUT2D eigenvalue weighted by Gasteiger charge is 2.18. The second kappa shape index (κ2) is 8.97. The van der Waals surface area contributed by atoms with E-state index in [-0.39, 0.29) is 23.1 Å². The van der Waals surface area contributed by atoms with Crippen LogP contribution in [-0.4, -0.2) is 41.7 Å². The smallest absolute Gasteiger partial charge is 0.244 e. The van der Waals surface area contributed by atoms with Crippen molar-refractivity contribution < 1.29 is 27.4 Å². The number of nitrogens with one attached hydrogen (secondary N) is 2. The third kappa shape index (κ3) is 4.87. The van der Waals surface area contributed by atoms with Crippen LogP contribution in [0, 0.1) is 0 Å². The van der Waals surface area contributed by atoms with Crippen LogP contribution in [0.5, 0.6) is 17.2 Å². The molecule has 0 spiro atoms. The summed E-state index contributed by atoms with van der Waals surface area (Å²) in [6.45, 7) is 1.24. The molecule has 1 amide bonds. The molecule has 2 aromatic carbocycles. The Labute approximate surface area is 169 Å². The number of carbonyl (C=O) groups is 1. The summed E-state index contributed by atoms with van der Waals surface area (Å²) in [5.41, 5.74) is 1.36. The van der Waals surface area contributed by atoms with Crippen molar-refractivity contribution in [3.05, 3.63) is 53.6 Å². The largest absolute Gasteiger partial charge is 0.495 e. The van der Waals surface area contributed by atoms with E-state index in [0.717, 1.165) is 5.56 Å². The topological polar surface area (TPSA) is 103 Å². The van der Waals surface area contributed by atoms with Crippen molar-refractivity contribution in [3.8, 4) is 17.2 Å². The van der Waals surface area contributed by atoms with Crippen LogP contribution < -0.4 is 24.2 Å². The Morgan fingerprint density at radius 2 is 2.00 bits per heavy atom. The van der Waals surface area contributed by atoms with Gasteiger partial charge >= 0.3 is 0 Å². The molecule has 0 unspecified atom stereocenters. The fourth-order valence-corrected chi connectivity index (χ4v) is 3.73. The van der Waals surface area contributed by atoms with Crippen molar-refractivity contribution in [2.75, 3.05) is 27.4 Å². The predicted molar refractivity (Wildman–Crippen MR) is 108 cm³/mol. The van der Waals surface area contributed by atoms with Crippen molar-refractivity contribution in [2.45, 2.75) is 11.4 Å². The lowest BCUT2D eigenvalue weighted by Crippen LogP contribution is -2.22. The number of sulfonamides is 1. The van der Waals surface area contributed by atoms with Crippen LogP contribution in [0.3, 0.4) is 0 Å². The van der Waals surface area contributed by atoms with Gasteiger partial charge in [-0.05, 0) is 36.9 Å². The summed E-state index contributed by atoms with van der Waals surface area (Å²) in [6.07, 6.45) is 2.87. The number of amides is 1. The van der Waals surface area contributed by atoms with Crippen LogP contribution in [0.4, 0.5) is 0 Å². The highest BCUT2D eigenvalue weighted by atomic mass is 32.2. The van der Waals surface area contributed by atoms with Gasteiger partial charge in [-0.15, -0.1) is 0 Å². The number of fused-ring (bicyclic) bond motifs is 1. The SMILES string of the molecule is CNS(=O)(=O)c1cc(/C=C/C(=O)NCc2cccc3c2OCCO3)ccc1OC. The van der Waals surface area contributed by atoms with Crippen molar-refractivity contribution in [1.82, 2.24) is 10.0 Å². The van der Waals surface area contributed by atoms with Crippen LogP contribution >= 0.6 is 0 Å². The van der Waals surface area contributed by atoms with E-state index in [4.69, 9.17) is 14.2 Å². The number of methoxy groups -OCH3 is 1. The van der Waals surface area contributed by atoms with Crippen LogP contribution in [0.1, 0.15) is 11.1 Å². The second-order valence-electron chi connectivity index (χ2n) is 6.11. The molecule has 0 aliphatic carbocycles. The molecule has 154 valence electrons. The van der Waals surface area contributed by atoms with Crippen molar-refractivity contribution in [2.24, 2.45) is 0 Å². The lowest BCUT2D eigenvalue weighted by molar-refractivity contribution is -0.116. The Morgan fingerprint density at radius 3 is 2.76 bits per heavy atom. The maximum Gasteiger partial charge on any atom is 0.244 e. The maximum atomic E-state index is 12.2. The third-order valence-corrected chi connectivity index (χ3v) is 5.71. The quantitative estimate of drug-likeness (QED) is 0.664. The molecular weight excluding hydrogens is 396 g/mol. The first-order chi connectivity index (χ1) is 13.9. The summed E-state index contributed by atoms with van der Waals surface area (Å²) in [5, 5.41) is 2.78. The minimum absolute atomic E-state index is 0.00174. The summed E-state index contributed by atoms with van der Waals surface area (Å²) in [6, 6.07) is 10.2. The number of para-hydroxylation sites is 1. The molecule has 1 heterocycles. The van der Waals surface area contributed by atoms with E-state index in [1.54, 1.807) is 6.07 Å². The summed E-state index contributed by atoms with van der Waals surface area (Å²) >= 11 is 0.